The van der Waals surface area contributed by atoms with Crippen molar-refractivity contribution < 1.29 is 9.84 Å². The van der Waals surface area contributed by atoms with E-state index in [1.807, 2.05) is 30.3 Å². The number of aliphatic hydroxyl groups is 1. The van der Waals surface area contributed by atoms with Gasteiger partial charge in [-0.3, -0.25) is 4.90 Å². The van der Waals surface area contributed by atoms with Gasteiger partial charge in [0.15, 0.2) is 0 Å². The number of likely N-dealkylation sites (N-methyl/N-ethyl adjacent to an activating group) is 1. The molecular weight excluding hydrogens is 336 g/mol. The minimum atomic E-state index is -0.500. The topological polar surface area (TPSA) is 35.9 Å². The molecule has 1 N–H and O–H groups in total. The van der Waals surface area contributed by atoms with Gasteiger partial charge in [0.05, 0.1) is 6.54 Å². The largest absolute Gasteiger partial charge is 0.491 e. The Labute approximate surface area is 164 Å². The Morgan fingerprint density at radius 3 is 2.78 bits per heavy atom. The molecule has 0 aliphatic heterocycles. The van der Waals surface area contributed by atoms with Crippen LogP contribution in [0.15, 0.2) is 36.9 Å². The van der Waals surface area contributed by atoms with Gasteiger partial charge in [-0.1, -0.05) is 49.5 Å². The summed E-state index contributed by atoms with van der Waals surface area (Å²) in [4.78, 5) is 4.42. The van der Waals surface area contributed by atoms with Crippen LogP contribution in [-0.4, -0.2) is 60.3 Å². The molecule has 1 aromatic carbocycles. The molecule has 1 unspecified atom stereocenters. The van der Waals surface area contributed by atoms with E-state index in [9.17, 15) is 5.11 Å². The number of hydrogen-bond donors (Lipinski definition) is 1. The van der Waals surface area contributed by atoms with Gasteiger partial charge in [0, 0.05) is 31.2 Å². The van der Waals surface area contributed by atoms with Crippen LogP contribution in [0.3, 0.4) is 0 Å². The van der Waals surface area contributed by atoms with Crippen LogP contribution in [-0.2, 0) is 6.54 Å². The zero-order chi connectivity index (χ0) is 19.5. The summed E-state index contributed by atoms with van der Waals surface area (Å²) in [6.45, 7) is 6.73. The normalized spacial score (nSPS) is 16.3. The van der Waals surface area contributed by atoms with Crippen LogP contribution >= 0.6 is 0 Å². The molecule has 1 atom stereocenters. The van der Waals surface area contributed by atoms with Gasteiger partial charge in [0.2, 0.25) is 0 Å². The first-order valence-corrected chi connectivity index (χ1v) is 9.99. The Bertz CT molecular complexity index is 605. The number of terminal acetylenes is 1. The zero-order valence-electron chi connectivity index (χ0n) is 16.6. The van der Waals surface area contributed by atoms with Gasteiger partial charge in [-0.15, -0.1) is 13.0 Å². The van der Waals surface area contributed by atoms with Crippen LogP contribution in [0, 0.1) is 12.3 Å². The molecule has 148 valence electrons. The summed E-state index contributed by atoms with van der Waals surface area (Å²) in [5, 5.41) is 10.4. The number of aliphatic hydroxyl groups excluding tert-OH is 1. The Morgan fingerprint density at radius 2 is 2.07 bits per heavy atom. The number of para-hydroxylation sites is 1. The molecule has 4 heteroatoms. The van der Waals surface area contributed by atoms with Crippen LogP contribution in [0.2, 0.25) is 0 Å². The second-order valence-electron chi connectivity index (χ2n) is 7.47. The fraction of sp³-hybridized carbons (Fsp3) is 0.565. The van der Waals surface area contributed by atoms with E-state index in [1.54, 1.807) is 0 Å². The molecule has 1 aromatic rings. The maximum Gasteiger partial charge on any atom is 0.123 e. The summed E-state index contributed by atoms with van der Waals surface area (Å²) in [7, 11) is 2.11. The van der Waals surface area contributed by atoms with E-state index in [1.165, 1.54) is 32.1 Å². The van der Waals surface area contributed by atoms with Crippen LogP contribution in [0.4, 0.5) is 0 Å². The lowest BCUT2D eigenvalue weighted by Crippen LogP contribution is -2.40. The molecule has 1 saturated carbocycles. The number of hydrogen-bond acceptors (Lipinski definition) is 4. The highest BCUT2D eigenvalue weighted by atomic mass is 16.5. The van der Waals surface area contributed by atoms with Crippen LogP contribution < -0.4 is 4.74 Å². The number of rotatable bonds is 11. The quantitative estimate of drug-likeness (QED) is 0.479. The standard InChI is InChI=1S/C23H34N2O2/c1-4-15-25(16-5-2)17-20-11-9-10-14-23(20)27-19-22(26)18-24(3)21-12-7-6-8-13-21/h1,5,9-11,14,21-22,26H,2,6-8,12-13,15-19H2,3H3. The van der Waals surface area contributed by atoms with Crippen molar-refractivity contribution in [1.82, 2.24) is 9.80 Å². The molecule has 0 bridgehead atoms. The van der Waals surface area contributed by atoms with Crippen LogP contribution in [0.5, 0.6) is 5.75 Å². The van der Waals surface area contributed by atoms with Crippen molar-refractivity contribution in [2.45, 2.75) is 50.8 Å². The van der Waals surface area contributed by atoms with E-state index < -0.39 is 6.10 Å². The van der Waals surface area contributed by atoms with E-state index in [0.717, 1.165) is 17.9 Å². The lowest BCUT2D eigenvalue weighted by molar-refractivity contribution is 0.0557. The summed E-state index contributed by atoms with van der Waals surface area (Å²) in [5.74, 6) is 3.50. The summed E-state index contributed by atoms with van der Waals surface area (Å²) in [6, 6.07) is 8.55. The molecule has 0 radical (unpaired) electrons. The van der Waals surface area contributed by atoms with Gasteiger partial charge < -0.3 is 14.7 Å². The van der Waals surface area contributed by atoms with E-state index in [0.29, 0.717) is 32.3 Å². The number of nitrogens with zero attached hydrogens (tertiary/aromatic N) is 2. The summed E-state index contributed by atoms with van der Waals surface area (Å²) >= 11 is 0. The van der Waals surface area contributed by atoms with E-state index >= 15 is 0 Å². The molecule has 1 fully saturated rings. The Morgan fingerprint density at radius 1 is 1.33 bits per heavy atom. The average molecular weight is 371 g/mol. The number of ether oxygens (including phenoxy) is 1. The Kier molecular flexibility index (Phi) is 9.41. The monoisotopic (exact) mass is 370 g/mol. The molecule has 1 aliphatic rings. The van der Waals surface area contributed by atoms with E-state index in [4.69, 9.17) is 11.2 Å². The van der Waals surface area contributed by atoms with Gasteiger partial charge >= 0.3 is 0 Å². The lowest BCUT2D eigenvalue weighted by atomic mass is 9.94. The number of benzene rings is 1. The van der Waals surface area contributed by atoms with Crippen LogP contribution in [0.1, 0.15) is 37.7 Å². The maximum absolute atomic E-state index is 10.4. The fourth-order valence-corrected chi connectivity index (χ4v) is 3.75. The SMILES string of the molecule is C#CCN(CC=C)Cc1ccccc1OCC(O)CN(C)C1CCCCC1. The lowest BCUT2D eigenvalue weighted by Gasteiger charge is -2.32. The van der Waals surface area contributed by atoms with Crippen LogP contribution in [0.25, 0.3) is 0 Å². The third-order valence-electron chi connectivity index (χ3n) is 5.20. The first kappa shape index (κ1) is 21.5. The molecule has 0 heterocycles. The van der Waals surface area contributed by atoms with Gasteiger partial charge in [-0.05, 0) is 26.0 Å². The van der Waals surface area contributed by atoms with Crippen molar-refractivity contribution in [3.8, 4) is 18.1 Å². The van der Waals surface area contributed by atoms with E-state index in [-0.39, 0.29) is 0 Å². The fourth-order valence-electron chi connectivity index (χ4n) is 3.75. The van der Waals surface area contributed by atoms with Crippen molar-refractivity contribution >= 4 is 0 Å². The molecule has 1 aliphatic carbocycles. The van der Waals surface area contributed by atoms with Gasteiger partial charge in [0.1, 0.15) is 18.5 Å². The molecule has 0 amide bonds. The predicted octanol–water partition coefficient (Wildman–Crippen LogP) is 3.31. The summed E-state index contributed by atoms with van der Waals surface area (Å²) < 4.78 is 5.96. The second-order valence-corrected chi connectivity index (χ2v) is 7.47. The third-order valence-corrected chi connectivity index (χ3v) is 5.20. The first-order chi connectivity index (χ1) is 13.1. The smallest absolute Gasteiger partial charge is 0.123 e. The predicted molar refractivity (Wildman–Crippen MR) is 112 cm³/mol. The highest BCUT2D eigenvalue weighted by molar-refractivity contribution is 5.33. The zero-order valence-corrected chi connectivity index (χ0v) is 16.6. The molecule has 0 spiro atoms. The highest BCUT2D eigenvalue weighted by Gasteiger charge is 2.20. The minimum Gasteiger partial charge on any atom is -0.491 e. The minimum absolute atomic E-state index is 0.296. The molecule has 2 rings (SSSR count). The van der Waals surface area contributed by atoms with Gasteiger partial charge in [0.25, 0.3) is 0 Å². The van der Waals surface area contributed by atoms with Gasteiger partial charge in [-0.2, -0.15) is 0 Å². The van der Waals surface area contributed by atoms with E-state index in [2.05, 4.69) is 29.3 Å². The summed E-state index contributed by atoms with van der Waals surface area (Å²) in [6.07, 6.45) is 13.2. The van der Waals surface area contributed by atoms with Crippen molar-refractivity contribution in [3.05, 3.63) is 42.5 Å². The van der Waals surface area contributed by atoms with Crippen molar-refractivity contribution in [1.29, 1.82) is 0 Å². The van der Waals surface area contributed by atoms with Gasteiger partial charge in [-0.25, -0.2) is 0 Å². The highest BCUT2D eigenvalue weighted by Crippen LogP contribution is 2.22. The van der Waals surface area contributed by atoms with Crippen molar-refractivity contribution in [3.63, 3.8) is 0 Å². The molecule has 0 saturated heterocycles. The van der Waals surface area contributed by atoms with Crippen molar-refractivity contribution in [2.75, 3.05) is 33.3 Å². The second kappa shape index (κ2) is 11.8. The average Bonchev–Trinajstić information content (AvgIpc) is 2.68. The Hall–Kier alpha value is -1.80. The third kappa shape index (κ3) is 7.38. The molecular formula is C23H34N2O2. The maximum atomic E-state index is 10.4. The first-order valence-electron chi connectivity index (χ1n) is 9.99. The Balaban J connectivity index is 1.87. The summed E-state index contributed by atoms with van der Waals surface area (Å²) in [5.41, 5.74) is 1.07. The molecule has 4 nitrogen and oxygen atoms in total. The van der Waals surface area contributed by atoms with Crippen molar-refractivity contribution in [2.24, 2.45) is 0 Å². The molecule has 0 aromatic heterocycles. The molecule has 27 heavy (non-hydrogen) atoms.